The van der Waals surface area contributed by atoms with Gasteiger partial charge in [-0.25, -0.2) is 14.3 Å². The van der Waals surface area contributed by atoms with Crippen LogP contribution in [0.5, 0.6) is 0 Å². The molecule has 20 heavy (non-hydrogen) atoms. The molecule has 0 unspecified atom stereocenters. The lowest BCUT2D eigenvalue weighted by molar-refractivity contribution is 0.0699. The van der Waals surface area contributed by atoms with E-state index in [1.165, 1.54) is 6.20 Å². The van der Waals surface area contributed by atoms with Gasteiger partial charge >= 0.3 is 5.97 Å². The monoisotopic (exact) mass is 268 g/mol. The Kier molecular flexibility index (Phi) is 2.90. The minimum absolute atomic E-state index is 0.0915. The minimum atomic E-state index is -1.04. The van der Waals surface area contributed by atoms with E-state index in [1.54, 1.807) is 16.9 Å². The molecule has 0 spiro atoms. The first kappa shape index (κ1) is 12.3. The van der Waals surface area contributed by atoms with Crippen LogP contribution in [0.2, 0.25) is 0 Å². The number of hydrogen-bond donors (Lipinski definition) is 1. The second-order valence-electron chi connectivity index (χ2n) is 4.28. The summed E-state index contributed by atoms with van der Waals surface area (Å²) in [5, 5.41) is 13.3. The number of aromatic carboxylic acids is 1. The summed E-state index contributed by atoms with van der Waals surface area (Å²) < 4.78 is 1.54. The van der Waals surface area contributed by atoms with Gasteiger partial charge in [0.05, 0.1) is 11.9 Å². The molecular formula is C14H12N4O2. The van der Waals surface area contributed by atoms with Crippen LogP contribution in [0.4, 0.5) is 0 Å². The summed E-state index contributed by atoms with van der Waals surface area (Å²) >= 11 is 0. The first-order valence-corrected chi connectivity index (χ1v) is 6.22. The maximum absolute atomic E-state index is 11.1. The molecule has 3 heterocycles. The van der Waals surface area contributed by atoms with Gasteiger partial charge in [-0.05, 0) is 24.6 Å². The van der Waals surface area contributed by atoms with E-state index in [4.69, 9.17) is 5.11 Å². The summed E-state index contributed by atoms with van der Waals surface area (Å²) in [4.78, 5) is 19.6. The first-order valence-electron chi connectivity index (χ1n) is 6.22. The molecule has 6 nitrogen and oxygen atoms in total. The first-order chi connectivity index (χ1) is 9.72. The molecule has 3 rings (SSSR count). The third-order valence-corrected chi connectivity index (χ3v) is 3.13. The van der Waals surface area contributed by atoms with Crippen molar-refractivity contribution in [3.8, 4) is 11.3 Å². The van der Waals surface area contributed by atoms with Crippen molar-refractivity contribution in [3.63, 3.8) is 0 Å². The fraction of sp³-hybridized carbons (Fsp3) is 0.143. The maximum atomic E-state index is 11.1. The summed E-state index contributed by atoms with van der Waals surface area (Å²) in [5.41, 5.74) is 3.08. The number of carboxylic acids is 1. The number of rotatable bonds is 3. The van der Waals surface area contributed by atoms with Crippen LogP contribution in [0.15, 0.2) is 36.8 Å². The molecule has 1 N–H and O–H groups in total. The van der Waals surface area contributed by atoms with Gasteiger partial charge < -0.3 is 5.11 Å². The molecule has 0 aliphatic heterocycles. The number of carbonyl (C=O) groups is 1. The molecular weight excluding hydrogens is 256 g/mol. The van der Waals surface area contributed by atoms with E-state index < -0.39 is 5.97 Å². The van der Waals surface area contributed by atoms with Gasteiger partial charge in [0.2, 0.25) is 0 Å². The van der Waals surface area contributed by atoms with Crippen molar-refractivity contribution in [2.24, 2.45) is 0 Å². The van der Waals surface area contributed by atoms with Crippen molar-refractivity contribution >= 4 is 11.6 Å². The molecule has 100 valence electrons. The van der Waals surface area contributed by atoms with Crippen molar-refractivity contribution in [2.75, 3.05) is 0 Å². The number of aromatic nitrogens is 4. The zero-order valence-corrected chi connectivity index (χ0v) is 10.8. The van der Waals surface area contributed by atoms with Gasteiger partial charge in [0.15, 0.2) is 5.65 Å². The molecule has 0 bridgehead atoms. The van der Waals surface area contributed by atoms with Gasteiger partial charge in [-0.2, -0.15) is 5.10 Å². The quantitative estimate of drug-likeness (QED) is 0.786. The maximum Gasteiger partial charge on any atom is 0.341 e. The van der Waals surface area contributed by atoms with Crippen LogP contribution in [-0.4, -0.2) is 30.7 Å². The van der Waals surface area contributed by atoms with Crippen LogP contribution >= 0.6 is 0 Å². The third-order valence-electron chi connectivity index (χ3n) is 3.13. The summed E-state index contributed by atoms with van der Waals surface area (Å²) in [5.74, 6) is -1.04. The van der Waals surface area contributed by atoms with Gasteiger partial charge in [-0.15, -0.1) is 0 Å². The predicted octanol–water partition coefficient (Wildman–Crippen LogP) is 2.05. The standard InChI is InChI=1S/C14H12N4O2/c1-2-11-9(4-3-6-15-11)12-5-7-16-13-10(14(19)20)8-17-18(12)13/h3-8H,2H2,1H3,(H,19,20). The highest BCUT2D eigenvalue weighted by Gasteiger charge is 2.16. The largest absolute Gasteiger partial charge is 0.477 e. The Hall–Kier alpha value is -2.76. The SMILES string of the molecule is CCc1ncccc1-c1ccnc2c(C(=O)O)cnn12. The van der Waals surface area contributed by atoms with Crippen molar-refractivity contribution in [1.29, 1.82) is 0 Å². The fourth-order valence-electron chi connectivity index (χ4n) is 2.20. The fourth-order valence-corrected chi connectivity index (χ4v) is 2.20. The van der Waals surface area contributed by atoms with Crippen LogP contribution in [-0.2, 0) is 6.42 Å². The van der Waals surface area contributed by atoms with E-state index in [0.29, 0.717) is 5.65 Å². The topological polar surface area (TPSA) is 80.4 Å². The number of carboxylic acid groups (broad SMARTS) is 1. The van der Waals surface area contributed by atoms with Crippen LogP contribution in [0.1, 0.15) is 23.0 Å². The van der Waals surface area contributed by atoms with E-state index >= 15 is 0 Å². The summed E-state index contributed by atoms with van der Waals surface area (Å²) in [6.45, 7) is 2.02. The molecule has 0 fully saturated rings. The molecule has 0 aromatic carbocycles. The van der Waals surface area contributed by atoms with Crippen molar-refractivity contribution in [3.05, 3.63) is 48.0 Å². The van der Waals surface area contributed by atoms with Crippen molar-refractivity contribution < 1.29 is 9.90 Å². The Morgan fingerprint density at radius 3 is 2.90 bits per heavy atom. The third kappa shape index (κ3) is 1.82. The molecule has 3 aromatic heterocycles. The van der Waals surface area contributed by atoms with E-state index in [0.717, 1.165) is 23.4 Å². The Morgan fingerprint density at radius 2 is 2.15 bits per heavy atom. The predicted molar refractivity (Wildman–Crippen MR) is 72.6 cm³/mol. The highest BCUT2D eigenvalue weighted by molar-refractivity contribution is 5.94. The van der Waals surface area contributed by atoms with Gasteiger partial charge in [-0.3, -0.25) is 4.98 Å². The Balaban J connectivity index is 2.30. The second-order valence-corrected chi connectivity index (χ2v) is 4.28. The highest BCUT2D eigenvalue weighted by Crippen LogP contribution is 2.23. The number of fused-ring (bicyclic) bond motifs is 1. The molecule has 0 atom stereocenters. The molecule has 0 aliphatic rings. The van der Waals surface area contributed by atoms with Gasteiger partial charge in [0.25, 0.3) is 0 Å². The molecule has 0 saturated heterocycles. The lowest BCUT2D eigenvalue weighted by atomic mass is 10.1. The Bertz CT molecular complexity index is 795. The Morgan fingerprint density at radius 1 is 1.30 bits per heavy atom. The van der Waals surface area contributed by atoms with Crippen molar-refractivity contribution in [1.82, 2.24) is 19.6 Å². The van der Waals surface area contributed by atoms with E-state index in [2.05, 4.69) is 15.1 Å². The molecule has 0 amide bonds. The Labute approximate surface area is 114 Å². The minimum Gasteiger partial charge on any atom is -0.477 e. The van der Waals surface area contributed by atoms with Crippen LogP contribution in [0, 0.1) is 0 Å². The molecule has 0 saturated carbocycles. The van der Waals surface area contributed by atoms with Crippen LogP contribution in [0.25, 0.3) is 16.9 Å². The van der Waals surface area contributed by atoms with E-state index in [9.17, 15) is 4.79 Å². The normalized spacial score (nSPS) is 10.8. The molecule has 0 radical (unpaired) electrons. The average Bonchev–Trinajstić information content (AvgIpc) is 2.91. The average molecular weight is 268 g/mol. The highest BCUT2D eigenvalue weighted by atomic mass is 16.4. The lowest BCUT2D eigenvalue weighted by Crippen LogP contribution is -2.01. The summed E-state index contributed by atoms with van der Waals surface area (Å²) in [7, 11) is 0. The van der Waals surface area contributed by atoms with Crippen LogP contribution in [0.3, 0.4) is 0 Å². The van der Waals surface area contributed by atoms with E-state index in [1.807, 2.05) is 25.1 Å². The smallest absolute Gasteiger partial charge is 0.341 e. The summed E-state index contributed by atoms with van der Waals surface area (Å²) in [6.07, 6.45) is 5.43. The van der Waals surface area contributed by atoms with E-state index in [-0.39, 0.29) is 5.56 Å². The number of pyridine rings is 1. The molecule has 0 aliphatic carbocycles. The molecule has 3 aromatic rings. The lowest BCUT2D eigenvalue weighted by Gasteiger charge is -2.08. The van der Waals surface area contributed by atoms with Gasteiger partial charge in [-0.1, -0.05) is 6.92 Å². The number of nitrogens with zero attached hydrogens (tertiary/aromatic N) is 4. The van der Waals surface area contributed by atoms with Crippen molar-refractivity contribution in [2.45, 2.75) is 13.3 Å². The van der Waals surface area contributed by atoms with Gasteiger partial charge in [0.1, 0.15) is 5.56 Å². The summed E-state index contributed by atoms with van der Waals surface area (Å²) in [6, 6.07) is 5.60. The second kappa shape index (κ2) is 4.73. The number of hydrogen-bond acceptors (Lipinski definition) is 4. The molecule has 6 heteroatoms. The zero-order chi connectivity index (χ0) is 14.1. The van der Waals surface area contributed by atoms with Crippen LogP contribution < -0.4 is 0 Å². The van der Waals surface area contributed by atoms with Gasteiger partial charge in [0, 0.05) is 23.7 Å². The zero-order valence-electron chi connectivity index (χ0n) is 10.8. The number of aryl methyl sites for hydroxylation is 1.